The number of hydrogen-bond acceptors (Lipinski definition) is 4. The lowest BCUT2D eigenvalue weighted by Crippen LogP contribution is -2.30. The first-order valence-corrected chi connectivity index (χ1v) is 11.2. The predicted molar refractivity (Wildman–Crippen MR) is 129 cm³/mol. The minimum atomic E-state index is -0.713. The molecular formula is C27H30ClNO3. The molecule has 168 valence electrons. The average Bonchev–Trinajstić information content (AvgIpc) is 2.82. The van der Waals surface area contributed by atoms with Crippen LogP contribution in [-0.2, 0) is 16.0 Å². The minimum absolute atomic E-state index is 0.0118. The molecule has 0 heterocycles. The zero-order chi connectivity index (χ0) is 22.9. The fraction of sp³-hybridized carbons (Fsp3) is 0.296. The second-order valence-electron chi connectivity index (χ2n) is 7.92. The van der Waals surface area contributed by atoms with Gasteiger partial charge in [-0.3, -0.25) is 10.5 Å². The highest BCUT2D eigenvalue weighted by Crippen LogP contribution is 2.41. The van der Waals surface area contributed by atoms with E-state index in [9.17, 15) is 4.79 Å². The Morgan fingerprint density at radius 3 is 2.28 bits per heavy atom. The SMILES string of the molecule is COc1cccc(C(C)C(CC(N)OC(=O)CCc2ccccc2)c2ccccc2)c1Cl. The molecule has 0 fully saturated rings. The zero-order valence-corrected chi connectivity index (χ0v) is 19.3. The predicted octanol–water partition coefficient (Wildman–Crippen LogP) is 6.09. The lowest BCUT2D eigenvalue weighted by molar-refractivity contribution is -0.149. The van der Waals surface area contributed by atoms with E-state index >= 15 is 0 Å². The van der Waals surface area contributed by atoms with E-state index in [1.54, 1.807) is 7.11 Å². The summed E-state index contributed by atoms with van der Waals surface area (Å²) in [6.45, 7) is 2.11. The highest BCUT2D eigenvalue weighted by Gasteiger charge is 2.27. The Balaban J connectivity index is 1.71. The Morgan fingerprint density at radius 2 is 1.62 bits per heavy atom. The Labute approximate surface area is 195 Å². The topological polar surface area (TPSA) is 61.6 Å². The van der Waals surface area contributed by atoms with Crippen LogP contribution >= 0.6 is 11.6 Å². The molecule has 0 saturated heterocycles. The molecule has 32 heavy (non-hydrogen) atoms. The van der Waals surface area contributed by atoms with Crippen molar-refractivity contribution in [2.75, 3.05) is 7.11 Å². The number of carbonyl (C=O) groups is 1. The first-order valence-electron chi connectivity index (χ1n) is 10.9. The van der Waals surface area contributed by atoms with E-state index < -0.39 is 6.23 Å². The van der Waals surface area contributed by atoms with Gasteiger partial charge in [-0.2, -0.15) is 0 Å². The van der Waals surface area contributed by atoms with Crippen LogP contribution in [0.2, 0.25) is 5.02 Å². The Kier molecular flexibility index (Phi) is 8.72. The third-order valence-electron chi connectivity index (χ3n) is 5.76. The molecule has 0 aliphatic heterocycles. The number of esters is 1. The second-order valence-corrected chi connectivity index (χ2v) is 8.30. The molecule has 0 aliphatic carbocycles. The van der Waals surface area contributed by atoms with Gasteiger partial charge in [0, 0.05) is 12.8 Å². The molecule has 2 N–H and O–H groups in total. The molecule has 3 aromatic carbocycles. The average molecular weight is 452 g/mol. The molecule has 0 saturated carbocycles. The third kappa shape index (κ3) is 6.35. The van der Waals surface area contributed by atoms with Crippen LogP contribution in [0.5, 0.6) is 5.75 Å². The maximum Gasteiger partial charge on any atom is 0.307 e. The number of methoxy groups -OCH3 is 1. The lowest BCUT2D eigenvalue weighted by atomic mass is 9.80. The summed E-state index contributed by atoms with van der Waals surface area (Å²) >= 11 is 6.61. The molecule has 3 unspecified atom stereocenters. The van der Waals surface area contributed by atoms with Crippen LogP contribution in [0.4, 0.5) is 0 Å². The zero-order valence-electron chi connectivity index (χ0n) is 18.5. The normalized spacial score (nSPS) is 13.8. The molecular weight excluding hydrogens is 422 g/mol. The van der Waals surface area contributed by atoms with Crippen molar-refractivity contribution < 1.29 is 14.3 Å². The molecule has 3 rings (SSSR count). The van der Waals surface area contributed by atoms with Crippen molar-refractivity contribution in [2.45, 2.75) is 44.2 Å². The highest BCUT2D eigenvalue weighted by atomic mass is 35.5. The third-order valence-corrected chi connectivity index (χ3v) is 6.17. The molecule has 0 aromatic heterocycles. The molecule has 0 radical (unpaired) electrons. The van der Waals surface area contributed by atoms with Crippen molar-refractivity contribution in [1.29, 1.82) is 0 Å². The molecule has 3 atom stereocenters. The second kappa shape index (κ2) is 11.7. The van der Waals surface area contributed by atoms with Gasteiger partial charge >= 0.3 is 5.97 Å². The number of ether oxygens (including phenoxy) is 2. The maximum atomic E-state index is 12.4. The van der Waals surface area contributed by atoms with Gasteiger partial charge in [0.15, 0.2) is 6.23 Å². The van der Waals surface area contributed by atoms with Gasteiger partial charge in [0.2, 0.25) is 0 Å². The molecule has 4 nitrogen and oxygen atoms in total. The van der Waals surface area contributed by atoms with Crippen LogP contribution in [0.3, 0.4) is 0 Å². The summed E-state index contributed by atoms with van der Waals surface area (Å²) in [6, 6.07) is 25.8. The van der Waals surface area contributed by atoms with E-state index in [1.165, 1.54) is 0 Å². The van der Waals surface area contributed by atoms with Crippen LogP contribution in [0, 0.1) is 0 Å². The Bertz CT molecular complexity index is 994. The quantitative estimate of drug-likeness (QED) is 0.299. The standard InChI is InChI=1S/C27H30ClNO3/c1-19(22-14-9-15-24(31-2)27(22)28)23(21-12-7-4-8-13-21)18-25(29)32-26(30)17-16-20-10-5-3-6-11-20/h3-15,19,23,25H,16-18,29H2,1-2H3. The summed E-state index contributed by atoms with van der Waals surface area (Å²) < 4.78 is 11.0. The lowest BCUT2D eigenvalue weighted by Gasteiger charge is -2.28. The van der Waals surface area contributed by atoms with E-state index in [0.29, 0.717) is 30.0 Å². The monoisotopic (exact) mass is 451 g/mol. The van der Waals surface area contributed by atoms with E-state index in [-0.39, 0.29) is 17.8 Å². The fourth-order valence-corrected chi connectivity index (χ4v) is 4.38. The number of hydrogen-bond donors (Lipinski definition) is 1. The van der Waals surface area contributed by atoms with Crippen molar-refractivity contribution >= 4 is 17.6 Å². The van der Waals surface area contributed by atoms with Crippen molar-refractivity contribution in [3.63, 3.8) is 0 Å². The van der Waals surface area contributed by atoms with Gasteiger partial charge in [-0.15, -0.1) is 0 Å². The summed E-state index contributed by atoms with van der Waals surface area (Å²) in [6.07, 6.45) is 0.695. The molecule has 3 aromatic rings. The van der Waals surface area contributed by atoms with Crippen LogP contribution < -0.4 is 10.5 Å². The summed E-state index contributed by atoms with van der Waals surface area (Å²) in [5.41, 5.74) is 9.48. The fourth-order valence-electron chi connectivity index (χ4n) is 4.00. The van der Waals surface area contributed by atoms with Gasteiger partial charge < -0.3 is 9.47 Å². The highest BCUT2D eigenvalue weighted by molar-refractivity contribution is 6.32. The van der Waals surface area contributed by atoms with Gasteiger partial charge in [-0.05, 0) is 41.0 Å². The molecule has 0 amide bonds. The van der Waals surface area contributed by atoms with Crippen molar-refractivity contribution in [3.05, 3.63) is 101 Å². The van der Waals surface area contributed by atoms with Crippen molar-refractivity contribution in [3.8, 4) is 5.75 Å². The summed E-state index contributed by atoms with van der Waals surface area (Å²) in [7, 11) is 1.61. The summed E-state index contributed by atoms with van der Waals surface area (Å²) in [5.74, 6) is 0.395. The first-order chi connectivity index (χ1) is 15.5. The van der Waals surface area contributed by atoms with E-state index in [2.05, 4.69) is 19.1 Å². The largest absolute Gasteiger partial charge is 0.495 e. The van der Waals surface area contributed by atoms with Gasteiger partial charge in [0.25, 0.3) is 0 Å². The van der Waals surface area contributed by atoms with Gasteiger partial charge in [0.05, 0.1) is 12.1 Å². The van der Waals surface area contributed by atoms with Gasteiger partial charge in [-0.1, -0.05) is 91.3 Å². The molecule has 0 spiro atoms. The number of benzene rings is 3. The molecule has 0 bridgehead atoms. The van der Waals surface area contributed by atoms with Gasteiger partial charge in [-0.25, -0.2) is 0 Å². The number of aryl methyl sites for hydroxylation is 1. The minimum Gasteiger partial charge on any atom is -0.495 e. The Morgan fingerprint density at radius 1 is 0.969 bits per heavy atom. The smallest absolute Gasteiger partial charge is 0.307 e. The molecule has 0 aliphatic rings. The van der Waals surface area contributed by atoms with E-state index in [4.69, 9.17) is 26.8 Å². The summed E-state index contributed by atoms with van der Waals surface area (Å²) in [5, 5.41) is 0.594. The van der Waals surface area contributed by atoms with Crippen LogP contribution in [-0.4, -0.2) is 19.3 Å². The summed E-state index contributed by atoms with van der Waals surface area (Å²) in [4.78, 5) is 12.4. The van der Waals surface area contributed by atoms with Crippen molar-refractivity contribution in [1.82, 2.24) is 0 Å². The van der Waals surface area contributed by atoms with E-state index in [0.717, 1.165) is 16.7 Å². The number of carbonyl (C=O) groups excluding carboxylic acids is 1. The Hall–Kier alpha value is -2.82. The first kappa shape index (κ1) is 23.8. The van der Waals surface area contributed by atoms with E-state index in [1.807, 2.05) is 66.7 Å². The van der Waals surface area contributed by atoms with Crippen LogP contribution in [0.15, 0.2) is 78.9 Å². The van der Waals surface area contributed by atoms with Crippen molar-refractivity contribution in [2.24, 2.45) is 5.73 Å². The van der Waals surface area contributed by atoms with Gasteiger partial charge in [0.1, 0.15) is 5.75 Å². The molecule has 5 heteroatoms. The number of rotatable bonds is 10. The number of nitrogens with two attached hydrogens (primary N) is 1. The van der Waals surface area contributed by atoms with Crippen LogP contribution in [0.25, 0.3) is 0 Å². The van der Waals surface area contributed by atoms with Crippen LogP contribution in [0.1, 0.15) is 48.3 Å². The number of halogens is 1. The maximum absolute atomic E-state index is 12.4.